The first-order valence-electron chi connectivity index (χ1n) is 8.90. The maximum absolute atomic E-state index is 12.1. The molecular weight excluding hydrogens is 338 g/mol. The minimum absolute atomic E-state index is 0.0305. The highest BCUT2D eigenvalue weighted by molar-refractivity contribution is 5.95. The van der Waals surface area contributed by atoms with Crippen LogP contribution in [-0.2, 0) is 0 Å². The van der Waals surface area contributed by atoms with E-state index in [0.29, 0.717) is 5.56 Å². The van der Waals surface area contributed by atoms with Gasteiger partial charge >= 0.3 is 0 Å². The smallest absolute Gasteiger partial charge is 0.271 e. The number of hydrogen-bond acceptors (Lipinski definition) is 4. The predicted octanol–water partition coefficient (Wildman–Crippen LogP) is 4.10. The van der Waals surface area contributed by atoms with Crippen molar-refractivity contribution in [3.63, 3.8) is 0 Å². The summed E-state index contributed by atoms with van der Waals surface area (Å²) in [5.74, 6) is -0.198. The van der Waals surface area contributed by atoms with Gasteiger partial charge in [-0.05, 0) is 80.8 Å². The van der Waals surface area contributed by atoms with Crippen LogP contribution in [-0.4, -0.2) is 29.8 Å². The molecule has 5 heteroatoms. The second-order valence-corrected chi connectivity index (χ2v) is 7.51. The number of rotatable bonds is 3. The molecule has 1 aliphatic heterocycles. The number of phenolic OH excluding ortho intramolecular Hbond substituents is 1. The van der Waals surface area contributed by atoms with Crippen molar-refractivity contribution in [2.75, 3.05) is 11.9 Å². The number of carbonyl (C=O) groups excluding carboxylic acids is 1. The van der Waals surface area contributed by atoms with E-state index in [0.717, 1.165) is 11.1 Å². The van der Waals surface area contributed by atoms with Gasteiger partial charge < -0.3 is 10.0 Å². The molecule has 1 amide bonds. The average molecular weight is 363 g/mol. The van der Waals surface area contributed by atoms with Crippen LogP contribution in [0.4, 0.5) is 5.69 Å². The van der Waals surface area contributed by atoms with Crippen molar-refractivity contribution >= 4 is 23.4 Å². The van der Waals surface area contributed by atoms with Crippen LogP contribution < -0.4 is 10.3 Å². The van der Waals surface area contributed by atoms with Crippen LogP contribution in [0.15, 0.2) is 47.6 Å². The van der Waals surface area contributed by atoms with Crippen LogP contribution in [0.3, 0.4) is 0 Å². The maximum atomic E-state index is 12.1. The lowest BCUT2D eigenvalue weighted by atomic mass is 9.87. The van der Waals surface area contributed by atoms with Gasteiger partial charge in [-0.1, -0.05) is 6.08 Å². The SMILES string of the molecule is CC1=CC(C)(C)N(C)c2cc(C)c(/C=N\NC(=O)c3ccc(O)cc3)cc21. The Bertz CT molecular complexity index is 941. The largest absolute Gasteiger partial charge is 0.508 e. The first kappa shape index (κ1) is 18.7. The zero-order chi connectivity index (χ0) is 19.8. The Labute approximate surface area is 160 Å². The van der Waals surface area contributed by atoms with Crippen LogP contribution in [0, 0.1) is 6.92 Å². The van der Waals surface area contributed by atoms with Gasteiger partial charge in [0.15, 0.2) is 0 Å². The molecular formula is C22H25N3O2. The second kappa shape index (κ2) is 6.91. The summed E-state index contributed by atoms with van der Waals surface area (Å²) in [4.78, 5) is 14.4. The molecule has 1 aliphatic rings. The third kappa shape index (κ3) is 3.72. The van der Waals surface area contributed by atoms with Crippen LogP contribution in [0.5, 0.6) is 5.75 Å². The van der Waals surface area contributed by atoms with Gasteiger partial charge in [0.05, 0.1) is 11.8 Å². The summed E-state index contributed by atoms with van der Waals surface area (Å²) in [6, 6.07) is 10.3. The molecule has 140 valence electrons. The number of fused-ring (bicyclic) bond motifs is 1. The molecule has 0 aliphatic carbocycles. The molecule has 5 nitrogen and oxygen atoms in total. The Morgan fingerprint density at radius 1 is 1.19 bits per heavy atom. The summed E-state index contributed by atoms with van der Waals surface area (Å²) < 4.78 is 0. The minimum Gasteiger partial charge on any atom is -0.508 e. The molecule has 27 heavy (non-hydrogen) atoms. The molecule has 0 radical (unpaired) electrons. The molecule has 0 fully saturated rings. The van der Waals surface area contributed by atoms with E-state index in [2.05, 4.69) is 61.5 Å². The maximum Gasteiger partial charge on any atom is 0.271 e. The molecule has 0 aromatic heterocycles. The molecule has 0 unspecified atom stereocenters. The van der Waals surface area contributed by atoms with Gasteiger partial charge in [-0.3, -0.25) is 4.79 Å². The summed E-state index contributed by atoms with van der Waals surface area (Å²) >= 11 is 0. The lowest BCUT2D eigenvalue weighted by Gasteiger charge is -2.41. The number of allylic oxidation sites excluding steroid dienone is 1. The Morgan fingerprint density at radius 2 is 1.85 bits per heavy atom. The molecule has 0 saturated heterocycles. The highest BCUT2D eigenvalue weighted by Crippen LogP contribution is 2.38. The van der Waals surface area contributed by atoms with Gasteiger partial charge in [-0.2, -0.15) is 5.10 Å². The van der Waals surface area contributed by atoms with Crippen LogP contribution >= 0.6 is 0 Å². The van der Waals surface area contributed by atoms with Crippen molar-refractivity contribution in [1.29, 1.82) is 0 Å². The fraction of sp³-hybridized carbons (Fsp3) is 0.273. The van der Waals surface area contributed by atoms with E-state index in [1.807, 2.05) is 6.92 Å². The quantitative estimate of drug-likeness (QED) is 0.637. The zero-order valence-electron chi connectivity index (χ0n) is 16.4. The number of aromatic hydroxyl groups is 1. The number of aryl methyl sites for hydroxylation is 1. The number of phenols is 1. The summed E-state index contributed by atoms with van der Waals surface area (Å²) in [6.07, 6.45) is 3.93. The fourth-order valence-corrected chi connectivity index (χ4v) is 3.29. The molecule has 0 bridgehead atoms. The number of amides is 1. The molecule has 2 N–H and O–H groups in total. The number of benzene rings is 2. The van der Waals surface area contributed by atoms with Crippen LogP contribution in [0.25, 0.3) is 5.57 Å². The highest BCUT2D eigenvalue weighted by atomic mass is 16.3. The first-order chi connectivity index (χ1) is 12.7. The monoisotopic (exact) mass is 363 g/mol. The van der Waals surface area contributed by atoms with E-state index in [1.165, 1.54) is 29.0 Å². The zero-order valence-corrected chi connectivity index (χ0v) is 16.4. The molecule has 1 heterocycles. The van der Waals surface area contributed by atoms with E-state index in [9.17, 15) is 9.90 Å². The van der Waals surface area contributed by atoms with Crippen molar-refractivity contribution in [1.82, 2.24) is 5.43 Å². The lowest BCUT2D eigenvalue weighted by molar-refractivity contribution is 0.0955. The average Bonchev–Trinajstić information content (AvgIpc) is 2.61. The first-order valence-corrected chi connectivity index (χ1v) is 8.90. The summed E-state index contributed by atoms with van der Waals surface area (Å²) in [7, 11) is 2.10. The van der Waals surface area contributed by atoms with Crippen molar-refractivity contribution in [3.05, 3.63) is 64.7 Å². The molecule has 3 rings (SSSR count). The van der Waals surface area contributed by atoms with Crippen LogP contribution in [0.2, 0.25) is 0 Å². The second-order valence-electron chi connectivity index (χ2n) is 7.51. The number of likely N-dealkylation sites (N-methyl/N-ethyl adjacent to an activating group) is 1. The van der Waals surface area contributed by atoms with E-state index in [4.69, 9.17) is 0 Å². The number of anilines is 1. The third-order valence-corrected chi connectivity index (χ3v) is 5.10. The number of nitrogens with zero attached hydrogens (tertiary/aromatic N) is 2. The Kier molecular flexibility index (Phi) is 4.79. The van der Waals surface area contributed by atoms with Crippen molar-refractivity contribution < 1.29 is 9.90 Å². The van der Waals surface area contributed by atoms with Gasteiger partial charge in [0.25, 0.3) is 5.91 Å². The summed E-state index contributed by atoms with van der Waals surface area (Å²) in [5.41, 5.74) is 8.59. The van der Waals surface area contributed by atoms with E-state index >= 15 is 0 Å². The van der Waals surface area contributed by atoms with Crippen molar-refractivity contribution in [2.24, 2.45) is 5.10 Å². The van der Waals surface area contributed by atoms with Gasteiger partial charge in [-0.25, -0.2) is 5.43 Å². The molecule has 2 aromatic carbocycles. The van der Waals surface area contributed by atoms with Gasteiger partial charge in [0, 0.05) is 23.9 Å². The standard InChI is InChI=1S/C22H25N3O2/c1-14-10-20-19(15(2)12-22(3,4)25(20)5)11-17(14)13-23-24-21(27)16-6-8-18(26)9-7-16/h6-13,26H,1-5H3,(H,24,27)/b23-13-. The topological polar surface area (TPSA) is 64.9 Å². The summed E-state index contributed by atoms with van der Waals surface area (Å²) in [6.45, 7) is 8.56. The van der Waals surface area contributed by atoms with Gasteiger partial charge in [-0.15, -0.1) is 0 Å². The summed E-state index contributed by atoms with van der Waals surface area (Å²) in [5, 5.41) is 13.4. The number of hydrazone groups is 1. The molecule has 0 spiro atoms. The number of hydrogen-bond donors (Lipinski definition) is 2. The number of nitrogens with one attached hydrogen (secondary N) is 1. The van der Waals surface area contributed by atoms with Crippen molar-refractivity contribution in [3.8, 4) is 5.75 Å². The Morgan fingerprint density at radius 3 is 2.52 bits per heavy atom. The third-order valence-electron chi connectivity index (χ3n) is 5.10. The van der Waals surface area contributed by atoms with Gasteiger partial charge in [0.2, 0.25) is 0 Å². The lowest BCUT2D eigenvalue weighted by Crippen LogP contribution is -2.42. The highest BCUT2D eigenvalue weighted by Gasteiger charge is 2.28. The molecule has 0 atom stereocenters. The van der Waals surface area contributed by atoms with Crippen LogP contribution in [0.1, 0.15) is 47.8 Å². The normalized spacial score (nSPS) is 15.4. The predicted molar refractivity (Wildman–Crippen MR) is 110 cm³/mol. The van der Waals surface area contributed by atoms with E-state index in [-0.39, 0.29) is 17.2 Å². The Hall–Kier alpha value is -3.08. The van der Waals surface area contributed by atoms with Gasteiger partial charge in [0.1, 0.15) is 5.75 Å². The molecule has 0 saturated carbocycles. The number of carbonyl (C=O) groups is 1. The Balaban J connectivity index is 1.82. The van der Waals surface area contributed by atoms with Crippen molar-refractivity contribution in [2.45, 2.75) is 33.2 Å². The molecule has 2 aromatic rings. The fourth-order valence-electron chi connectivity index (χ4n) is 3.29. The van der Waals surface area contributed by atoms with E-state index < -0.39 is 0 Å². The van der Waals surface area contributed by atoms with E-state index in [1.54, 1.807) is 18.3 Å². The minimum atomic E-state index is -0.320.